The van der Waals surface area contributed by atoms with E-state index < -0.39 is 0 Å². The molecule has 20 heavy (non-hydrogen) atoms. The van der Waals surface area contributed by atoms with Crippen molar-refractivity contribution in [2.24, 2.45) is 0 Å². The third kappa shape index (κ3) is 3.70. The minimum atomic E-state index is -0.00858. The van der Waals surface area contributed by atoms with Crippen molar-refractivity contribution in [2.75, 3.05) is 26.2 Å². The fourth-order valence-electron chi connectivity index (χ4n) is 2.28. The number of aromatic nitrogens is 2. The number of rotatable bonds is 2. The number of hydrogen-bond acceptors (Lipinski definition) is 4. The van der Waals surface area contributed by atoms with Crippen molar-refractivity contribution in [3.8, 4) is 0 Å². The molecule has 0 aliphatic carbocycles. The molecule has 0 unspecified atom stereocenters. The van der Waals surface area contributed by atoms with Gasteiger partial charge in [0.2, 0.25) is 0 Å². The van der Waals surface area contributed by atoms with Crippen LogP contribution in [0.2, 0.25) is 0 Å². The molecule has 3 rings (SSSR count). The SMILES string of the molecule is Cl.Cl.O=c1cc(CN2CCNCC2)nc2ccccn12. The second-order valence-electron chi connectivity index (χ2n) is 4.54. The van der Waals surface area contributed by atoms with Gasteiger partial charge in [0.15, 0.2) is 0 Å². The zero-order chi connectivity index (χ0) is 12.4. The Kier molecular flexibility index (Phi) is 6.42. The zero-order valence-corrected chi connectivity index (χ0v) is 12.6. The molecule has 1 aliphatic heterocycles. The van der Waals surface area contributed by atoms with E-state index in [9.17, 15) is 4.79 Å². The van der Waals surface area contributed by atoms with E-state index in [0.717, 1.165) is 44.1 Å². The first-order valence-corrected chi connectivity index (χ1v) is 6.23. The zero-order valence-electron chi connectivity index (χ0n) is 11.0. The molecule has 0 spiro atoms. The molecule has 1 saturated heterocycles. The molecule has 1 aliphatic rings. The highest BCUT2D eigenvalue weighted by Gasteiger charge is 2.11. The summed E-state index contributed by atoms with van der Waals surface area (Å²) in [6.45, 7) is 4.78. The Morgan fingerprint density at radius 1 is 1.20 bits per heavy atom. The molecule has 2 aromatic rings. The molecule has 5 nitrogen and oxygen atoms in total. The predicted octanol–water partition coefficient (Wildman–Crippen LogP) is 0.943. The molecular formula is C13H18Cl2N4O. The first kappa shape index (κ1) is 16.9. The molecule has 1 fully saturated rings. The van der Waals surface area contributed by atoms with Crippen LogP contribution in [0, 0.1) is 0 Å². The van der Waals surface area contributed by atoms with Crippen LogP contribution in [-0.2, 0) is 6.54 Å². The number of nitrogens with one attached hydrogen (secondary N) is 1. The predicted molar refractivity (Wildman–Crippen MR) is 84.1 cm³/mol. The van der Waals surface area contributed by atoms with Gasteiger partial charge >= 0.3 is 0 Å². The highest BCUT2D eigenvalue weighted by molar-refractivity contribution is 5.85. The van der Waals surface area contributed by atoms with Crippen LogP contribution in [0.25, 0.3) is 5.65 Å². The normalized spacial score (nSPS) is 15.4. The number of halogens is 2. The molecule has 110 valence electrons. The summed E-state index contributed by atoms with van der Waals surface area (Å²) in [5, 5.41) is 3.31. The molecule has 7 heteroatoms. The van der Waals surface area contributed by atoms with Crippen LogP contribution in [0.15, 0.2) is 35.3 Å². The summed E-state index contributed by atoms with van der Waals surface area (Å²) in [5.74, 6) is 0. The number of pyridine rings is 1. The Balaban J connectivity index is 0.000001000. The van der Waals surface area contributed by atoms with E-state index in [-0.39, 0.29) is 30.4 Å². The maximum atomic E-state index is 11.9. The minimum Gasteiger partial charge on any atom is -0.314 e. The average Bonchev–Trinajstić information content (AvgIpc) is 2.40. The third-order valence-electron chi connectivity index (χ3n) is 3.22. The fraction of sp³-hybridized carbons (Fsp3) is 0.385. The van der Waals surface area contributed by atoms with Gasteiger partial charge in [0.25, 0.3) is 5.56 Å². The van der Waals surface area contributed by atoms with Gasteiger partial charge in [-0.3, -0.25) is 14.1 Å². The van der Waals surface area contributed by atoms with Gasteiger partial charge in [0.1, 0.15) is 5.65 Å². The van der Waals surface area contributed by atoms with Crippen LogP contribution in [0.4, 0.5) is 0 Å². The van der Waals surface area contributed by atoms with Crippen LogP contribution in [-0.4, -0.2) is 40.5 Å². The lowest BCUT2D eigenvalue weighted by Gasteiger charge is -2.26. The highest BCUT2D eigenvalue weighted by atomic mass is 35.5. The standard InChI is InChI=1S/C13H16N4O.2ClH/c18-13-9-11(10-16-7-4-14-5-8-16)15-12-3-1-2-6-17(12)13;;/h1-3,6,9,14H,4-5,7-8,10H2;2*1H. The molecule has 3 heterocycles. The van der Waals surface area contributed by atoms with Gasteiger partial charge in [-0.25, -0.2) is 4.98 Å². The van der Waals surface area contributed by atoms with E-state index in [4.69, 9.17) is 0 Å². The third-order valence-corrected chi connectivity index (χ3v) is 3.22. The van der Waals surface area contributed by atoms with E-state index in [2.05, 4.69) is 15.2 Å². The maximum absolute atomic E-state index is 11.9. The lowest BCUT2D eigenvalue weighted by molar-refractivity contribution is 0.231. The molecular weight excluding hydrogens is 299 g/mol. The molecule has 0 bridgehead atoms. The van der Waals surface area contributed by atoms with Crippen molar-refractivity contribution in [1.29, 1.82) is 0 Å². The number of nitrogens with zero attached hydrogens (tertiary/aromatic N) is 3. The first-order valence-electron chi connectivity index (χ1n) is 6.23. The van der Waals surface area contributed by atoms with Crippen LogP contribution in [0.5, 0.6) is 0 Å². The van der Waals surface area contributed by atoms with Crippen molar-refractivity contribution in [1.82, 2.24) is 19.6 Å². The number of fused-ring (bicyclic) bond motifs is 1. The fourth-order valence-corrected chi connectivity index (χ4v) is 2.28. The summed E-state index contributed by atoms with van der Waals surface area (Å²) in [7, 11) is 0. The smallest absolute Gasteiger partial charge is 0.258 e. The van der Waals surface area contributed by atoms with E-state index in [1.807, 2.05) is 18.2 Å². The molecule has 0 radical (unpaired) electrons. The Bertz CT molecular complexity index is 611. The van der Waals surface area contributed by atoms with Gasteiger partial charge in [-0.2, -0.15) is 0 Å². The number of hydrogen-bond donors (Lipinski definition) is 1. The Morgan fingerprint density at radius 2 is 1.95 bits per heavy atom. The Labute approximate surface area is 129 Å². The maximum Gasteiger partial charge on any atom is 0.258 e. The van der Waals surface area contributed by atoms with Gasteiger partial charge in [-0.1, -0.05) is 6.07 Å². The molecule has 0 aromatic carbocycles. The first-order chi connectivity index (χ1) is 8.83. The van der Waals surface area contributed by atoms with Crippen molar-refractivity contribution in [3.05, 3.63) is 46.5 Å². The number of piperazine rings is 1. The lowest BCUT2D eigenvalue weighted by Crippen LogP contribution is -2.43. The van der Waals surface area contributed by atoms with Crippen LogP contribution in [0.3, 0.4) is 0 Å². The topological polar surface area (TPSA) is 49.6 Å². The van der Waals surface area contributed by atoms with Crippen molar-refractivity contribution in [3.63, 3.8) is 0 Å². The average molecular weight is 317 g/mol. The summed E-state index contributed by atoms with van der Waals surface area (Å²) in [6.07, 6.45) is 1.75. The van der Waals surface area contributed by atoms with E-state index in [1.54, 1.807) is 16.7 Å². The quantitative estimate of drug-likeness (QED) is 0.896. The minimum absolute atomic E-state index is 0. The molecule has 1 N–H and O–H groups in total. The largest absolute Gasteiger partial charge is 0.314 e. The van der Waals surface area contributed by atoms with Crippen LogP contribution < -0.4 is 10.9 Å². The summed E-state index contributed by atoms with van der Waals surface area (Å²) in [6, 6.07) is 7.24. The Morgan fingerprint density at radius 3 is 2.70 bits per heavy atom. The van der Waals surface area contributed by atoms with Crippen molar-refractivity contribution < 1.29 is 0 Å². The van der Waals surface area contributed by atoms with Gasteiger partial charge in [0, 0.05) is 45.0 Å². The summed E-state index contributed by atoms with van der Waals surface area (Å²) in [4.78, 5) is 18.8. The monoisotopic (exact) mass is 316 g/mol. The second kappa shape index (κ2) is 7.59. The molecule has 2 aromatic heterocycles. The molecule has 0 amide bonds. The van der Waals surface area contributed by atoms with Crippen LogP contribution in [0.1, 0.15) is 5.69 Å². The van der Waals surface area contributed by atoms with Crippen molar-refractivity contribution in [2.45, 2.75) is 6.54 Å². The van der Waals surface area contributed by atoms with Gasteiger partial charge in [-0.05, 0) is 12.1 Å². The van der Waals surface area contributed by atoms with Crippen LogP contribution >= 0.6 is 24.8 Å². The second-order valence-corrected chi connectivity index (χ2v) is 4.54. The van der Waals surface area contributed by atoms with Gasteiger partial charge in [-0.15, -0.1) is 24.8 Å². The molecule has 0 saturated carbocycles. The summed E-state index contributed by atoms with van der Waals surface area (Å²) in [5.41, 5.74) is 1.56. The van der Waals surface area contributed by atoms with E-state index >= 15 is 0 Å². The Hall–Kier alpha value is -1.14. The van der Waals surface area contributed by atoms with E-state index in [0.29, 0.717) is 0 Å². The molecule has 0 atom stereocenters. The van der Waals surface area contributed by atoms with Gasteiger partial charge < -0.3 is 5.32 Å². The van der Waals surface area contributed by atoms with E-state index in [1.165, 1.54) is 0 Å². The summed E-state index contributed by atoms with van der Waals surface area (Å²) >= 11 is 0. The highest BCUT2D eigenvalue weighted by Crippen LogP contribution is 2.03. The van der Waals surface area contributed by atoms with Gasteiger partial charge in [0.05, 0.1) is 5.69 Å². The van der Waals surface area contributed by atoms with Crippen molar-refractivity contribution >= 4 is 30.5 Å². The lowest BCUT2D eigenvalue weighted by atomic mass is 10.3. The summed E-state index contributed by atoms with van der Waals surface area (Å²) < 4.78 is 1.57.